The van der Waals surface area contributed by atoms with Gasteiger partial charge in [0, 0.05) is 39.6 Å². The summed E-state index contributed by atoms with van der Waals surface area (Å²) in [6.45, 7) is 5.38. The molecule has 3 heterocycles. The Bertz CT molecular complexity index is 1130. The molecule has 0 bridgehead atoms. The van der Waals surface area contributed by atoms with Gasteiger partial charge in [0.1, 0.15) is 17.7 Å². The number of aromatic nitrogens is 2. The molecule has 0 saturated carbocycles. The molecule has 1 aromatic heterocycles. The molecule has 7 heteroatoms. The number of ether oxygens (including phenoxy) is 1. The van der Waals surface area contributed by atoms with Crippen LogP contribution in [0.5, 0.6) is 5.75 Å². The van der Waals surface area contributed by atoms with Crippen LogP contribution in [0.1, 0.15) is 19.8 Å². The molecule has 0 unspecified atom stereocenters. The van der Waals surface area contributed by atoms with Gasteiger partial charge in [0.05, 0.1) is 11.1 Å². The zero-order valence-corrected chi connectivity index (χ0v) is 17.6. The Morgan fingerprint density at radius 1 is 1.13 bits per heavy atom. The van der Waals surface area contributed by atoms with E-state index in [0.717, 1.165) is 35.1 Å². The van der Waals surface area contributed by atoms with Crippen LogP contribution in [0.25, 0.3) is 22.3 Å². The number of para-hydroxylation sites is 1. The van der Waals surface area contributed by atoms with Crippen LogP contribution >= 0.6 is 0 Å². The molecule has 2 aliphatic rings. The molecule has 31 heavy (non-hydrogen) atoms. The minimum absolute atomic E-state index is 0. The van der Waals surface area contributed by atoms with E-state index < -0.39 is 0 Å². The molecule has 2 saturated heterocycles. The topological polar surface area (TPSA) is 78.8 Å². The van der Waals surface area contributed by atoms with Crippen molar-refractivity contribution in [3.05, 3.63) is 48.0 Å². The molecule has 1 amide bonds. The average Bonchev–Trinajstić information content (AvgIpc) is 3.33. The van der Waals surface area contributed by atoms with Crippen molar-refractivity contribution in [2.24, 2.45) is 0 Å². The summed E-state index contributed by atoms with van der Waals surface area (Å²) < 4.78 is 5.58. The number of carbonyl (C=O) groups excluding carboxylic acids is 1. The number of fused-ring (bicyclic) bond motifs is 1. The van der Waals surface area contributed by atoms with Crippen LogP contribution < -0.4 is 4.90 Å². The maximum absolute atomic E-state index is 12.7. The molecule has 2 aliphatic heterocycles. The lowest BCUT2D eigenvalue weighted by Crippen LogP contribution is -2.51. The molecule has 162 valence electrons. The van der Waals surface area contributed by atoms with Crippen LogP contribution in [0.2, 0.25) is 0 Å². The lowest BCUT2D eigenvalue weighted by Gasteiger charge is -2.36. The first kappa shape index (κ1) is 19.8. The summed E-state index contributed by atoms with van der Waals surface area (Å²) in [5, 5.41) is 11.3. The third-order valence-corrected chi connectivity index (χ3v) is 6.07. The monoisotopic (exact) mass is 420 g/mol. The number of rotatable bonds is 3. The van der Waals surface area contributed by atoms with Gasteiger partial charge < -0.3 is 19.6 Å². The van der Waals surface area contributed by atoms with E-state index in [1.165, 1.54) is 0 Å². The number of hydrogen-bond donors (Lipinski definition) is 1. The maximum atomic E-state index is 12.7. The fraction of sp³-hybridized carbons (Fsp3) is 0.375. The predicted octanol–water partition coefficient (Wildman–Crippen LogP) is 3.38. The lowest BCUT2D eigenvalue weighted by atomic mass is 10.1. The first-order valence-corrected chi connectivity index (χ1v) is 10.8. The Morgan fingerprint density at radius 3 is 2.68 bits per heavy atom. The molecular weight excluding hydrogens is 392 g/mol. The van der Waals surface area contributed by atoms with Crippen molar-refractivity contribution in [2.75, 3.05) is 37.7 Å². The number of benzene rings is 2. The molecule has 2 aromatic carbocycles. The first-order valence-electron chi connectivity index (χ1n) is 10.8. The fourth-order valence-electron chi connectivity index (χ4n) is 4.36. The van der Waals surface area contributed by atoms with Gasteiger partial charge in [0.15, 0.2) is 5.82 Å². The average molecular weight is 421 g/mol. The van der Waals surface area contributed by atoms with Gasteiger partial charge in [-0.05, 0) is 49.6 Å². The van der Waals surface area contributed by atoms with Crippen molar-refractivity contribution in [1.29, 1.82) is 0 Å². The Hall–Kier alpha value is -3.19. The molecule has 2 fully saturated rings. The van der Waals surface area contributed by atoms with Gasteiger partial charge in [0.25, 0.3) is 5.91 Å². The van der Waals surface area contributed by atoms with Crippen LogP contribution in [0.3, 0.4) is 0 Å². The quantitative estimate of drug-likeness (QED) is 0.700. The number of anilines is 1. The van der Waals surface area contributed by atoms with Crippen molar-refractivity contribution in [1.82, 2.24) is 14.9 Å². The Morgan fingerprint density at radius 2 is 1.94 bits per heavy atom. The van der Waals surface area contributed by atoms with Crippen molar-refractivity contribution in [3.8, 4) is 17.1 Å². The van der Waals surface area contributed by atoms with E-state index in [2.05, 4.69) is 17.0 Å². The summed E-state index contributed by atoms with van der Waals surface area (Å²) >= 11 is 0. The van der Waals surface area contributed by atoms with E-state index in [4.69, 9.17) is 14.7 Å². The summed E-state index contributed by atoms with van der Waals surface area (Å²) in [6.07, 6.45) is 1.50. The van der Waals surface area contributed by atoms with Gasteiger partial charge in [-0.15, -0.1) is 0 Å². The minimum atomic E-state index is -0.276. The molecule has 0 spiro atoms. The molecule has 5 rings (SSSR count). The number of aryl methyl sites for hydroxylation is 1. The number of phenolic OH excluding ortho intramolecular Hbond substituents is 1. The second-order valence-electron chi connectivity index (χ2n) is 8.22. The number of amides is 1. The zero-order valence-electron chi connectivity index (χ0n) is 17.6. The van der Waals surface area contributed by atoms with Gasteiger partial charge in [-0.1, -0.05) is 18.2 Å². The van der Waals surface area contributed by atoms with Crippen molar-refractivity contribution < 1.29 is 16.1 Å². The molecule has 1 N–H and O–H groups in total. The second kappa shape index (κ2) is 8.15. The molecule has 7 nitrogen and oxygen atoms in total. The van der Waals surface area contributed by atoms with E-state index in [9.17, 15) is 9.90 Å². The summed E-state index contributed by atoms with van der Waals surface area (Å²) in [6, 6.07) is 13.3. The van der Waals surface area contributed by atoms with Gasteiger partial charge in [-0.3, -0.25) is 4.79 Å². The highest BCUT2D eigenvalue weighted by Crippen LogP contribution is 2.32. The number of piperazine rings is 1. The smallest absolute Gasteiger partial charge is 0.251 e. The van der Waals surface area contributed by atoms with Crippen LogP contribution in [0.4, 0.5) is 5.82 Å². The summed E-state index contributed by atoms with van der Waals surface area (Å²) in [5.74, 6) is 1.61. The standard InChI is InChI=1S/C24H26N4O3.H2/c1-16-8-9-17-19(15-16)25-22(18-5-2-3-6-20(18)29)26-23(17)27-10-12-28(13-11-27)24(30)21-7-4-14-31-21;/h2-3,5-6,8-9,15,21,29H,4,7,10-14H2,1H3;1H/t21-;/m1./s1. The van der Waals surface area contributed by atoms with Gasteiger partial charge in [-0.25, -0.2) is 9.97 Å². The van der Waals surface area contributed by atoms with Crippen LogP contribution in [0, 0.1) is 6.92 Å². The minimum Gasteiger partial charge on any atom is -0.507 e. The zero-order chi connectivity index (χ0) is 21.4. The van der Waals surface area contributed by atoms with Gasteiger partial charge >= 0.3 is 0 Å². The Balaban J connectivity index is 0.00000245. The van der Waals surface area contributed by atoms with E-state index in [-0.39, 0.29) is 19.2 Å². The fourth-order valence-corrected chi connectivity index (χ4v) is 4.36. The number of hydrogen-bond acceptors (Lipinski definition) is 6. The maximum Gasteiger partial charge on any atom is 0.251 e. The summed E-state index contributed by atoms with van der Waals surface area (Å²) in [5.41, 5.74) is 2.58. The highest BCUT2D eigenvalue weighted by molar-refractivity contribution is 5.92. The van der Waals surface area contributed by atoms with E-state index in [1.54, 1.807) is 12.1 Å². The van der Waals surface area contributed by atoms with Crippen LogP contribution in [0.15, 0.2) is 42.5 Å². The second-order valence-corrected chi connectivity index (χ2v) is 8.22. The van der Waals surface area contributed by atoms with Gasteiger partial charge in [-0.2, -0.15) is 0 Å². The van der Waals surface area contributed by atoms with Gasteiger partial charge in [0.2, 0.25) is 0 Å². The third kappa shape index (κ3) is 3.81. The van der Waals surface area contributed by atoms with E-state index in [0.29, 0.717) is 44.2 Å². The largest absolute Gasteiger partial charge is 0.507 e. The molecule has 1 atom stereocenters. The summed E-state index contributed by atoms with van der Waals surface area (Å²) in [7, 11) is 0. The van der Waals surface area contributed by atoms with Crippen LogP contribution in [-0.4, -0.2) is 64.8 Å². The van der Waals surface area contributed by atoms with E-state index in [1.807, 2.05) is 30.0 Å². The summed E-state index contributed by atoms with van der Waals surface area (Å²) in [4.78, 5) is 26.4. The Labute approximate surface area is 182 Å². The molecule has 0 radical (unpaired) electrons. The highest BCUT2D eigenvalue weighted by Gasteiger charge is 2.31. The normalized spacial score (nSPS) is 19.2. The number of nitrogens with zero attached hydrogens (tertiary/aromatic N) is 4. The lowest BCUT2D eigenvalue weighted by molar-refractivity contribution is -0.141. The first-order chi connectivity index (χ1) is 15.1. The highest BCUT2D eigenvalue weighted by atomic mass is 16.5. The number of phenols is 1. The SMILES string of the molecule is Cc1ccc2c(N3CCN(C(=O)[C@H]4CCCO4)CC3)nc(-c3ccccc3O)nc2c1.[HH]. The van der Waals surface area contributed by atoms with Crippen molar-refractivity contribution in [3.63, 3.8) is 0 Å². The molecular formula is C24H28N4O3. The third-order valence-electron chi connectivity index (χ3n) is 6.07. The Kier molecular flexibility index (Phi) is 5.19. The molecule has 0 aliphatic carbocycles. The number of carbonyl (C=O) groups is 1. The van der Waals surface area contributed by atoms with Crippen LogP contribution in [-0.2, 0) is 9.53 Å². The number of aromatic hydroxyl groups is 1. The van der Waals surface area contributed by atoms with Crippen molar-refractivity contribution in [2.45, 2.75) is 25.9 Å². The van der Waals surface area contributed by atoms with Crippen molar-refractivity contribution >= 4 is 22.6 Å². The predicted molar refractivity (Wildman–Crippen MR) is 121 cm³/mol. The van der Waals surface area contributed by atoms with E-state index >= 15 is 0 Å². The molecule has 3 aromatic rings.